The topological polar surface area (TPSA) is 26.3 Å². The van der Waals surface area contributed by atoms with Crippen LogP contribution >= 0.6 is 0 Å². The van der Waals surface area contributed by atoms with Crippen molar-refractivity contribution in [1.29, 1.82) is 0 Å². The molecule has 0 heterocycles. The van der Waals surface area contributed by atoms with Gasteiger partial charge < -0.3 is 4.74 Å². The minimum Gasteiger partial charge on any atom is -0.469 e. The van der Waals surface area contributed by atoms with E-state index in [4.69, 9.17) is 4.74 Å². The van der Waals surface area contributed by atoms with Crippen molar-refractivity contribution in [3.05, 3.63) is 71.3 Å². The van der Waals surface area contributed by atoms with Crippen molar-refractivity contribution >= 4 is 5.97 Å². The van der Waals surface area contributed by atoms with Gasteiger partial charge in [-0.1, -0.05) is 54.6 Å². The Hall–Kier alpha value is -2.09. The van der Waals surface area contributed by atoms with Gasteiger partial charge in [-0.05, 0) is 23.1 Å². The summed E-state index contributed by atoms with van der Waals surface area (Å²) in [5, 5.41) is 0. The second kappa shape index (κ2) is 4.88. The van der Waals surface area contributed by atoms with E-state index in [1.807, 2.05) is 36.4 Å². The maximum absolute atomic E-state index is 11.9. The third-order valence-corrected chi connectivity index (χ3v) is 3.91. The van der Waals surface area contributed by atoms with Crippen LogP contribution < -0.4 is 0 Å². The van der Waals surface area contributed by atoms with Gasteiger partial charge >= 0.3 is 5.97 Å². The Morgan fingerprint density at radius 2 is 1.63 bits per heavy atom. The average molecular weight is 252 g/mol. The van der Waals surface area contributed by atoms with Crippen LogP contribution in [0.1, 0.15) is 34.9 Å². The Bertz CT molecular complexity index is 589. The van der Waals surface area contributed by atoms with Crippen LogP contribution in [0, 0.1) is 0 Å². The Balaban J connectivity index is 2.04. The summed E-state index contributed by atoms with van der Waals surface area (Å²) in [5.41, 5.74) is 3.63. The van der Waals surface area contributed by atoms with E-state index in [9.17, 15) is 4.79 Å². The molecule has 2 aromatic rings. The van der Waals surface area contributed by atoms with Gasteiger partial charge in [-0.25, -0.2) is 0 Å². The van der Waals surface area contributed by atoms with E-state index in [1.165, 1.54) is 18.2 Å². The monoisotopic (exact) mass is 252 g/mol. The molecule has 0 saturated heterocycles. The first-order valence-corrected chi connectivity index (χ1v) is 6.53. The molecule has 0 bridgehead atoms. The number of hydrogen-bond donors (Lipinski definition) is 0. The van der Waals surface area contributed by atoms with Gasteiger partial charge in [-0.15, -0.1) is 0 Å². The van der Waals surface area contributed by atoms with Crippen LogP contribution in [-0.2, 0) is 9.53 Å². The van der Waals surface area contributed by atoms with Gasteiger partial charge in [0.2, 0.25) is 0 Å². The lowest BCUT2D eigenvalue weighted by atomic mass is 9.93. The molecule has 3 rings (SSSR count). The second-order valence-corrected chi connectivity index (χ2v) is 4.90. The summed E-state index contributed by atoms with van der Waals surface area (Å²) in [5.74, 6) is 0.0267. The molecule has 0 saturated carbocycles. The summed E-state index contributed by atoms with van der Waals surface area (Å²) >= 11 is 0. The highest BCUT2D eigenvalue weighted by molar-refractivity contribution is 5.80. The van der Waals surface area contributed by atoms with Crippen LogP contribution in [0.5, 0.6) is 0 Å². The fourth-order valence-corrected chi connectivity index (χ4v) is 3.00. The third-order valence-electron chi connectivity index (χ3n) is 3.91. The number of hydrogen-bond acceptors (Lipinski definition) is 2. The molecule has 1 aliphatic carbocycles. The number of ether oxygens (including phenoxy) is 1. The van der Waals surface area contributed by atoms with Gasteiger partial charge in [0, 0.05) is 5.92 Å². The van der Waals surface area contributed by atoms with Crippen LogP contribution in [0.25, 0.3) is 0 Å². The van der Waals surface area contributed by atoms with Crippen molar-refractivity contribution in [2.75, 3.05) is 7.11 Å². The number of benzene rings is 2. The molecule has 2 atom stereocenters. The fraction of sp³-hybridized carbons (Fsp3) is 0.235. The SMILES string of the molecule is COC(=O)[C@H]1C[C@H](c2ccccc2)c2ccccc21. The summed E-state index contributed by atoms with van der Waals surface area (Å²) in [6.07, 6.45) is 0.802. The first-order valence-electron chi connectivity index (χ1n) is 6.53. The summed E-state index contributed by atoms with van der Waals surface area (Å²) in [6.45, 7) is 0. The lowest BCUT2D eigenvalue weighted by molar-refractivity contribution is -0.142. The lowest BCUT2D eigenvalue weighted by Crippen LogP contribution is -2.11. The number of methoxy groups -OCH3 is 1. The molecule has 0 aliphatic heterocycles. The molecule has 0 unspecified atom stereocenters. The zero-order chi connectivity index (χ0) is 13.2. The Morgan fingerprint density at radius 3 is 2.32 bits per heavy atom. The molecular formula is C17H16O2. The Kier molecular flexibility index (Phi) is 3.08. The van der Waals surface area contributed by atoms with Gasteiger partial charge in [-0.2, -0.15) is 0 Å². The van der Waals surface area contributed by atoms with Crippen molar-refractivity contribution in [2.45, 2.75) is 18.3 Å². The number of carbonyl (C=O) groups is 1. The molecule has 2 aromatic carbocycles. The van der Waals surface area contributed by atoms with E-state index < -0.39 is 0 Å². The molecule has 0 aromatic heterocycles. The van der Waals surface area contributed by atoms with Crippen LogP contribution in [0.3, 0.4) is 0 Å². The fourth-order valence-electron chi connectivity index (χ4n) is 3.00. The van der Waals surface area contributed by atoms with Crippen molar-refractivity contribution in [1.82, 2.24) is 0 Å². The molecule has 0 fully saturated rings. The Labute approximate surface area is 113 Å². The molecule has 0 amide bonds. The van der Waals surface area contributed by atoms with E-state index >= 15 is 0 Å². The number of carbonyl (C=O) groups excluding carboxylic acids is 1. The largest absolute Gasteiger partial charge is 0.469 e. The smallest absolute Gasteiger partial charge is 0.313 e. The number of esters is 1. The Morgan fingerprint density at radius 1 is 1.00 bits per heavy atom. The first-order chi connectivity index (χ1) is 9.31. The van der Waals surface area contributed by atoms with Gasteiger partial charge in [0.15, 0.2) is 0 Å². The van der Waals surface area contributed by atoms with Crippen molar-refractivity contribution in [2.24, 2.45) is 0 Å². The third kappa shape index (κ3) is 2.03. The van der Waals surface area contributed by atoms with Crippen LogP contribution in [-0.4, -0.2) is 13.1 Å². The molecule has 2 heteroatoms. The summed E-state index contributed by atoms with van der Waals surface area (Å²) in [6, 6.07) is 18.5. The number of rotatable bonds is 2. The van der Waals surface area contributed by atoms with E-state index in [0.717, 1.165) is 12.0 Å². The molecule has 0 radical (unpaired) electrons. The number of fused-ring (bicyclic) bond motifs is 1. The summed E-state index contributed by atoms with van der Waals surface area (Å²) in [7, 11) is 1.46. The molecule has 0 N–H and O–H groups in total. The highest BCUT2D eigenvalue weighted by Gasteiger charge is 2.36. The zero-order valence-corrected chi connectivity index (χ0v) is 10.9. The molecule has 19 heavy (non-hydrogen) atoms. The van der Waals surface area contributed by atoms with Crippen LogP contribution in [0.4, 0.5) is 0 Å². The normalized spacial score (nSPS) is 20.9. The predicted octanol–water partition coefficient (Wildman–Crippen LogP) is 3.48. The molecule has 2 nitrogen and oxygen atoms in total. The highest BCUT2D eigenvalue weighted by Crippen LogP contribution is 2.45. The molecule has 1 aliphatic rings. The van der Waals surface area contributed by atoms with E-state index in [1.54, 1.807) is 0 Å². The quantitative estimate of drug-likeness (QED) is 0.765. The van der Waals surface area contributed by atoms with Gasteiger partial charge in [-0.3, -0.25) is 4.79 Å². The average Bonchev–Trinajstić information content (AvgIpc) is 2.87. The van der Waals surface area contributed by atoms with E-state index in [0.29, 0.717) is 5.92 Å². The summed E-state index contributed by atoms with van der Waals surface area (Å²) in [4.78, 5) is 11.9. The minimum absolute atomic E-state index is 0.133. The standard InChI is InChI=1S/C17H16O2/c1-19-17(18)16-11-15(12-7-3-2-4-8-12)13-9-5-6-10-14(13)16/h2-10,15-16H,11H2,1H3/t15-,16+/m1/s1. The molecular weight excluding hydrogens is 236 g/mol. The highest BCUT2D eigenvalue weighted by atomic mass is 16.5. The first kappa shape index (κ1) is 12.0. The van der Waals surface area contributed by atoms with Crippen molar-refractivity contribution < 1.29 is 9.53 Å². The van der Waals surface area contributed by atoms with E-state index in [-0.39, 0.29) is 11.9 Å². The zero-order valence-electron chi connectivity index (χ0n) is 10.9. The minimum atomic E-state index is -0.133. The molecule has 0 spiro atoms. The van der Waals surface area contributed by atoms with Crippen molar-refractivity contribution in [3.8, 4) is 0 Å². The van der Waals surface area contributed by atoms with Gasteiger partial charge in [0.25, 0.3) is 0 Å². The maximum atomic E-state index is 11.9. The maximum Gasteiger partial charge on any atom is 0.313 e. The van der Waals surface area contributed by atoms with Gasteiger partial charge in [0.1, 0.15) is 0 Å². The van der Waals surface area contributed by atoms with Gasteiger partial charge in [0.05, 0.1) is 13.0 Å². The van der Waals surface area contributed by atoms with E-state index in [2.05, 4.69) is 18.2 Å². The molecule has 96 valence electrons. The predicted molar refractivity (Wildman–Crippen MR) is 74.1 cm³/mol. The van der Waals surface area contributed by atoms with Crippen LogP contribution in [0.2, 0.25) is 0 Å². The lowest BCUT2D eigenvalue weighted by Gasteiger charge is -2.11. The second-order valence-electron chi connectivity index (χ2n) is 4.90. The summed E-state index contributed by atoms with van der Waals surface area (Å²) < 4.78 is 4.94. The van der Waals surface area contributed by atoms with Crippen LogP contribution in [0.15, 0.2) is 54.6 Å². The van der Waals surface area contributed by atoms with Crippen molar-refractivity contribution in [3.63, 3.8) is 0 Å².